The van der Waals surface area contributed by atoms with Gasteiger partial charge < -0.3 is 9.84 Å². The fraction of sp³-hybridized carbons (Fsp3) is 0.556. The highest BCUT2D eigenvalue weighted by molar-refractivity contribution is 5.99. The quantitative estimate of drug-likeness (QED) is 0.845. The fourth-order valence-corrected chi connectivity index (χ4v) is 3.22. The number of aliphatic imine (C=N–C) groups is 1. The molecule has 1 aromatic heterocycles. The number of nitrogens with zero attached hydrogens (tertiary/aromatic N) is 2. The predicted octanol–water partition coefficient (Wildman–Crippen LogP) is 4.27. The van der Waals surface area contributed by atoms with Crippen LogP contribution in [0.2, 0.25) is 0 Å². The van der Waals surface area contributed by atoms with Crippen LogP contribution in [0, 0.1) is 0 Å². The minimum atomic E-state index is -0.391. The molecule has 4 nitrogen and oxygen atoms in total. The number of hydrogen-bond donors (Lipinski definition) is 1. The highest BCUT2D eigenvalue weighted by Crippen LogP contribution is 2.48. The Balaban J connectivity index is 2.02. The summed E-state index contributed by atoms with van der Waals surface area (Å²) >= 11 is 0. The number of pyridine rings is 1. The Hall–Kier alpha value is -1.84. The number of aromatic nitrogens is 1. The molecule has 0 saturated heterocycles. The lowest BCUT2D eigenvalue weighted by molar-refractivity contribution is 0.142. The van der Waals surface area contributed by atoms with Crippen LogP contribution >= 0.6 is 0 Å². The first-order valence-electron chi connectivity index (χ1n) is 8.12. The second-order valence-electron chi connectivity index (χ2n) is 6.73. The van der Waals surface area contributed by atoms with E-state index in [1.165, 1.54) is 12.8 Å². The van der Waals surface area contributed by atoms with Gasteiger partial charge in [0.25, 0.3) is 0 Å². The van der Waals surface area contributed by atoms with E-state index in [1.807, 2.05) is 13.0 Å². The lowest BCUT2D eigenvalue weighted by Crippen LogP contribution is -2.34. The van der Waals surface area contributed by atoms with E-state index >= 15 is 0 Å². The number of aromatic hydroxyl groups is 1. The summed E-state index contributed by atoms with van der Waals surface area (Å²) in [7, 11) is 0. The molecule has 0 spiro atoms. The molecular formula is C18H24N2O2. The van der Waals surface area contributed by atoms with Crippen LogP contribution in [-0.4, -0.2) is 21.4 Å². The molecule has 0 unspecified atom stereocenters. The van der Waals surface area contributed by atoms with E-state index in [4.69, 9.17) is 4.74 Å². The molecule has 3 rings (SSSR count). The van der Waals surface area contributed by atoms with Crippen molar-refractivity contribution in [1.82, 2.24) is 4.98 Å². The number of hydrogen-bond acceptors (Lipinski definition) is 4. The van der Waals surface area contributed by atoms with Crippen molar-refractivity contribution in [3.05, 3.63) is 22.9 Å². The van der Waals surface area contributed by atoms with Crippen molar-refractivity contribution < 1.29 is 9.84 Å². The van der Waals surface area contributed by atoms with Crippen molar-refractivity contribution in [2.45, 2.75) is 65.4 Å². The van der Waals surface area contributed by atoms with Gasteiger partial charge in [-0.2, -0.15) is 0 Å². The molecule has 0 atom stereocenters. The van der Waals surface area contributed by atoms with Crippen LogP contribution in [0.5, 0.6) is 11.6 Å². The Morgan fingerprint density at radius 3 is 2.82 bits per heavy atom. The molecule has 22 heavy (non-hydrogen) atoms. The van der Waals surface area contributed by atoms with Gasteiger partial charge in [-0.15, -0.1) is 0 Å². The highest BCUT2D eigenvalue weighted by Gasteiger charge is 2.39. The Kier molecular flexibility index (Phi) is 3.71. The fourth-order valence-electron chi connectivity index (χ4n) is 3.22. The van der Waals surface area contributed by atoms with E-state index in [2.05, 4.69) is 30.7 Å². The molecule has 0 amide bonds. The Labute approximate surface area is 131 Å². The van der Waals surface area contributed by atoms with Gasteiger partial charge in [0.05, 0.1) is 5.70 Å². The lowest BCUT2D eigenvalue weighted by Gasteiger charge is -2.34. The summed E-state index contributed by atoms with van der Waals surface area (Å²) in [5.41, 5.74) is 4.20. The van der Waals surface area contributed by atoms with Gasteiger partial charge in [-0.3, -0.25) is 4.99 Å². The van der Waals surface area contributed by atoms with Crippen LogP contribution in [0.3, 0.4) is 0 Å². The zero-order valence-electron chi connectivity index (χ0n) is 13.9. The summed E-state index contributed by atoms with van der Waals surface area (Å²) < 4.78 is 6.18. The third kappa shape index (κ3) is 2.51. The predicted molar refractivity (Wildman–Crippen MR) is 88.5 cm³/mol. The molecule has 1 N–H and O–H groups in total. The maximum atomic E-state index is 10.4. The molecule has 0 fully saturated rings. The van der Waals surface area contributed by atoms with E-state index in [-0.39, 0.29) is 5.88 Å². The second-order valence-corrected chi connectivity index (χ2v) is 6.73. The van der Waals surface area contributed by atoms with Crippen LogP contribution in [0.25, 0.3) is 5.70 Å². The Morgan fingerprint density at radius 2 is 2.09 bits per heavy atom. The van der Waals surface area contributed by atoms with Crippen molar-refractivity contribution in [3.63, 3.8) is 0 Å². The van der Waals surface area contributed by atoms with Crippen molar-refractivity contribution in [3.8, 4) is 11.6 Å². The summed E-state index contributed by atoms with van der Waals surface area (Å²) in [5.74, 6) is 0.756. The molecule has 2 aliphatic rings. The maximum Gasteiger partial charge on any atom is 0.224 e. The molecule has 1 aromatic rings. The second kappa shape index (κ2) is 5.41. The zero-order valence-corrected chi connectivity index (χ0v) is 13.9. The molecule has 0 aliphatic carbocycles. The van der Waals surface area contributed by atoms with Gasteiger partial charge in [0.15, 0.2) is 0 Å². The third-order valence-electron chi connectivity index (χ3n) is 4.40. The molecular weight excluding hydrogens is 276 g/mol. The number of unbranched alkanes of at least 4 members (excludes halogenated alkanes) is 2. The van der Waals surface area contributed by atoms with Crippen molar-refractivity contribution in [2.75, 3.05) is 0 Å². The van der Waals surface area contributed by atoms with Gasteiger partial charge >= 0.3 is 0 Å². The summed E-state index contributed by atoms with van der Waals surface area (Å²) in [6, 6.07) is 1.97. The average Bonchev–Trinajstić information content (AvgIpc) is 2.80. The van der Waals surface area contributed by atoms with E-state index in [0.29, 0.717) is 11.3 Å². The molecule has 0 aromatic carbocycles. The summed E-state index contributed by atoms with van der Waals surface area (Å²) in [6.07, 6.45) is 5.10. The first-order valence-corrected chi connectivity index (χ1v) is 8.12. The number of ether oxygens (including phenoxy) is 1. The minimum absolute atomic E-state index is 0.0467. The molecule has 3 heterocycles. The number of rotatable bonds is 4. The van der Waals surface area contributed by atoms with Gasteiger partial charge in [0, 0.05) is 29.5 Å². The van der Waals surface area contributed by atoms with E-state index in [1.54, 1.807) is 0 Å². The van der Waals surface area contributed by atoms with Crippen LogP contribution in [0.4, 0.5) is 0 Å². The molecule has 0 saturated carbocycles. The van der Waals surface area contributed by atoms with Crippen LogP contribution < -0.4 is 4.74 Å². The summed E-state index contributed by atoms with van der Waals surface area (Å²) in [6.45, 7) is 8.32. The lowest BCUT2D eigenvalue weighted by atomic mass is 9.88. The normalized spacial score (nSPS) is 18.6. The minimum Gasteiger partial charge on any atom is -0.493 e. The molecule has 0 radical (unpaired) electrons. The van der Waals surface area contributed by atoms with Crippen LogP contribution in [0.1, 0.15) is 64.6 Å². The van der Waals surface area contributed by atoms with Gasteiger partial charge in [0.2, 0.25) is 5.88 Å². The van der Waals surface area contributed by atoms with Crippen molar-refractivity contribution >= 4 is 11.4 Å². The monoisotopic (exact) mass is 300 g/mol. The summed E-state index contributed by atoms with van der Waals surface area (Å²) in [4.78, 5) is 8.99. The average molecular weight is 300 g/mol. The smallest absolute Gasteiger partial charge is 0.224 e. The van der Waals surface area contributed by atoms with Gasteiger partial charge in [-0.25, -0.2) is 4.98 Å². The molecule has 2 aliphatic heterocycles. The molecule has 118 valence electrons. The third-order valence-corrected chi connectivity index (χ3v) is 4.40. The molecule has 4 heteroatoms. The standard InChI is InChI=1S/C18H24N2O2/c1-5-6-7-8-12-10-14-15(17(21)20-12)16-13(9-11(2)19-16)18(3,4)22-14/h10H,5-9H2,1-4H3,(H,20,21). The van der Waals surface area contributed by atoms with E-state index < -0.39 is 5.60 Å². The maximum absolute atomic E-state index is 10.4. The highest BCUT2D eigenvalue weighted by atomic mass is 16.5. The topological polar surface area (TPSA) is 54.7 Å². The van der Waals surface area contributed by atoms with E-state index in [9.17, 15) is 5.11 Å². The molecule has 0 bridgehead atoms. The Bertz CT molecular complexity index is 672. The first kappa shape index (κ1) is 15.1. The van der Waals surface area contributed by atoms with Crippen LogP contribution in [0.15, 0.2) is 16.6 Å². The van der Waals surface area contributed by atoms with Crippen LogP contribution in [-0.2, 0) is 6.42 Å². The SMILES string of the molecule is CCCCCc1cc2c(c(O)n1)C1=C(CC(C)=N1)C(C)(C)O2. The summed E-state index contributed by atoms with van der Waals surface area (Å²) in [5, 5.41) is 10.4. The largest absolute Gasteiger partial charge is 0.493 e. The van der Waals surface area contributed by atoms with Gasteiger partial charge in [-0.05, 0) is 33.6 Å². The van der Waals surface area contributed by atoms with E-state index in [0.717, 1.165) is 41.9 Å². The number of fused-ring (bicyclic) bond motifs is 2. The van der Waals surface area contributed by atoms with Crippen molar-refractivity contribution in [1.29, 1.82) is 0 Å². The number of aryl methyl sites for hydroxylation is 1. The van der Waals surface area contributed by atoms with Gasteiger partial charge in [0.1, 0.15) is 16.9 Å². The van der Waals surface area contributed by atoms with Crippen molar-refractivity contribution in [2.24, 2.45) is 4.99 Å². The first-order chi connectivity index (χ1) is 10.4. The zero-order chi connectivity index (χ0) is 15.9. The Morgan fingerprint density at radius 1 is 1.32 bits per heavy atom. The van der Waals surface area contributed by atoms with Gasteiger partial charge in [-0.1, -0.05) is 19.8 Å².